The molecule has 0 atom stereocenters. The van der Waals surface area contributed by atoms with Crippen LogP contribution in [0.4, 0.5) is 5.69 Å². The number of nitrogens with zero attached hydrogens (tertiary/aromatic N) is 2. The van der Waals surface area contributed by atoms with Crippen LogP contribution in [0.1, 0.15) is 22.3 Å². The molecule has 0 saturated carbocycles. The first kappa shape index (κ1) is 13.2. The summed E-state index contributed by atoms with van der Waals surface area (Å²) in [7, 11) is 4.03. The van der Waals surface area contributed by atoms with Crippen LogP contribution in [0, 0.1) is 18.3 Å². The zero-order chi connectivity index (χ0) is 13.8. The van der Waals surface area contributed by atoms with Crippen molar-refractivity contribution in [1.29, 1.82) is 5.26 Å². The quantitative estimate of drug-likeness (QED) is 0.833. The summed E-state index contributed by atoms with van der Waals surface area (Å²) in [5.74, 6) is 0. The molecule has 0 unspecified atom stereocenters. The molecular weight excluding hydrogens is 232 g/mol. The van der Waals surface area contributed by atoms with Gasteiger partial charge < -0.3 is 4.90 Å². The molecule has 0 fully saturated rings. The van der Waals surface area contributed by atoms with Crippen molar-refractivity contribution in [3.63, 3.8) is 0 Å². The minimum atomic E-state index is 0.791. The van der Waals surface area contributed by atoms with Crippen LogP contribution in [-0.4, -0.2) is 14.1 Å². The molecule has 2 heteroatoms. The van der Waals surface area contributed by atoms with Gasteiger partial charge in [0.2, 0.25) is 0 Å². The molecule has 0 aliphatic carbocycles. The highest BCUT2D eigenvalue weighted by Crippen LogP contribution is 2.27. The van der Waals surface area contributed by atoms with Gasteiger partial charge in [0.15, 0.2) is 0 Å². The van der Waals surface area contributed by atoms with Crippen LogP contribution in [0.25, 0.3) is 0 Å². The molecule has 2 aromatic rings. The standard InChI is InChI=1S/C17H18N2/c1-13-9-10-17(19(2)3)15(16(13)12-18)11-14-7-5-4-6-8-14/h4-10H,11H2,1-3H3. The Bertz CT molecular complexity index is 607. The molecule has 0 N–H and O–H groups in total. The van der Waals surface area contributed by atoms with Crippen molar-refractivity contribution in [2.75, 3.05) is 19.0 Å². The van der Waals surface area contributed by atoms with Gasteiger partial charge in [-0.1, -0.05) is 36.4 Å². The van der Waals surface area contributed by atoms with Crippen LogP contribution in [0.15, 0.2) is 42.5 Å². The maximum Gasteiger partial charge on any atom is 0.0998 e. The summed E-state index contributed by atoms with van der Waals surface area (Å²) in [5, 5.41) is 9.41. The minimum absolute atomic E-state index is 0.791. The molecule has 2 rings (SSSR count). The summed E-state index contributed by atoms with van der Waals surface area (Å²) in [6, 6.07) is 16.7. The third-order valence-electron chi connectivity index (χ3n) is 3.31. The van der Waals surface area contributed by atoms with E-state index in [-0.39, 0.29) is 0 Å². The lowest BCUT2D eigenvalue weighted by atomic mass is 9.95. The third kappa shape index (κ3) is 2.77. The van der Waals surface area contributed by atoms with Crippen LogP contribution in [0.2, 0.25) is 0 Å². The summed E-state index contributed by atoms with van der Waals surface area (Å²) in [6.07, 6.45) is 0.791. The number of aryl methyl sites for hydroxylation is 1. The van der Waals surface area contributed by atoms with Gasteiger partial charge >= 0.3 is 0 Å². The molecule has 0 bridgehead atoms. The minimum Gasteiger partial charge on any atom is -0.377 e. The summed E-state index contributed by atoms with van der Waals surface area (Å²) >= 11 is 0. The highest BCUT2D eigenvalue weighted by molar-refractivity contribution is 5.62. The summed E-state index contributed by atoms with van der Waals surface area (Å²) in [5.41, 5.74) is 5.30. The molecule has 0 saturated heterocycles. The Labute approximate surface area is 114 Å². The fourth-order valence-electron chi connectivity index (χ4n) is 2.31. The Balaban J connectivity index is 2.53. The van der Waals surface area contributed by atoms with E-state index in [4.69, 9.17) is 0 Å². The molecule has 0 spiro atoms. The van der Waals surface area contributed by atoms with Crippen molar-refractivity contribution in [3.05, 3.63) is 64.7 Å². The van der Waals surface area contributed by atoms with E-state index in [0.29, 0.717) is 0 Å². The van der Waals surface area contributed by atoms with E-state index >= 15 is 0 Å². The second-order valence-corrected chi connectivity index (χ2v) is 4.92. The van der Waals surface area contributed by atoms with Crippen LogP contribution in [0.5, 0.6) is 0 Å². The maximum absolute atomic E-state index is 9.41. The van der Waals surface area contributed by atoms with E-state index in [0.717, 1.165) is 28.8 Å². The second-order valence-electron chi connectivity index (χ2n) is 4.92. The molecule has 19 heavy (non-hydrogen) atoms. The third-order valence-corrected chi connectivity index (χ3v) is 3.31. The van der Waals surface area contributed by atoms with E-state index < -0.39 is 0 Å². The first-order valence-corrected chi connectivity index (χ1v) is 6.37. The number of rotatable bonds is 3. The van der Waals surface area contributed by atoms with E-state index in [1.165, 1.54) is 5.56 Å². The van der Waals surface area contributed by atoms with Gasteiger partial charge in [-0.3, -0.25) is 0 Å². The summed E-state index contributed by atoms with van der Waals surface area (Å²) in [6.45, 7) is 1.99. The van der Waals surface area contributed by atoms with E-state index in [1.807, 2.05) is 45.3 Å². The lowest BCUT2D eigenvalue weighted by Gasteiger charge is -2.20. The Kier molecular flexibility index (Phi) is 3.87. The number of hydrogen-bond donors (Lipinski definition) is 0. The van der Waals surface area contributed by atoms with Gasteiger partial charge in [-0.05, 0) is 29.7 Å². The van der Waals surface area contributed by atoms with Gasteiger partial charge in [0, 0.05) is 26.2 Å². The van der Waals surface area contributed by atoms with Crippen LogP contribution in [-0.2, 0) is 6.42 Å². The molecule has 2 aromatic carbocycles. The zero-order valence-electron chi connectivity index (χ0n) is 11.6. The van der Waals surface area contributed by atoms with Gasteiger partial charge in [-0.2, -0.15) is 5.26 Å². The molecule has 0 aliphatic heterocycles. The fourth-order valence-corrected chi connectivity index (χ4v) is 2.31. The summed E-state index contributed by atoms with van der Waals surface area (Å²) in [4.78, 5) is 2.07. The molecule has 0 aliphatic rings. The SMILES string of the molecule is Cc1ccc(N(C)C)c(Cc2ccccc2)c1C#N. The van der Waals surface area contributed by atoms with Gasteiger partial charge in [-0.15, -0.1) is 0 Å². The molecule has 96 valence electrons. The number of anilines is 1. The van der Waals surface area contributed by atoms with Gasteiger partial charge in [0.1, 0.15) is 0 Å². The largest absolute Gasteiger partial charge is 0.377 e. The number of hydrogen-bond acceptors (Lipinski definition) is 2. The first-order valence-electron chi connectivity index (χ1n) is 6.37. The highest BCUT2D eigenvalue weighted by atomic mass is 15.1. The predicted molar refractivity (Wildman–Crippen MR) is 79.5 cm³/mol. The fraction of sp³-hybridized carbons (Fsp3) is 0.235. The van der Waals surface area contributed by atoms with E-state index in [1.54, 1.807) is 0 Å². The highest BCUT2D eigenvalue weighted by Gasteiger charge is 2.13. The van der Waals surface area contributed by atoms with Gasteiger partial charge in [0.05, 0.1) is 11.6 Å². The lowest BCUT2D eigenvalue weighted by Crippen LogP contribution is -2.13. The van der Waals surface area contributed by atoms with E-state index in [2.05, 4.69) is 29.2 Å². The molecule has 0 radical (unpaired) electrons. The van der Waals surface area contributed by atoms with Gasteiger partial charge in [0.25, 0.3) is 0 Å². The normalized spacial score (nSPS) is 10.0. The number of nitriles is 1. The van der Waals surface area contributed by atoms with Crippen molar-refractivity contribution >= 4 is 5.69 Å². The van der Waals surface area contributed by atoms with Crippen molar-refractivity contribution in [2.45, 2.75) is 13.3 Å². The maximum atomic E-state index is 9.41. The van der Waals surface area contributed by atoms with Crippen LogP contribution in [0.3, 0.4) is 0 Å². The van der Waals surface area contributed by atoms with Crippen molar-refractivity contribution in [3.8, 4) is 6.07 Å². The lowest BCUT2D eigenvalue weighted by molar-refractivity contribution is 1.07. The molecular formula is C17H18N2. The van der Waals surface area contributed by atoms with Crippen molar-refractivity contribution < 1.29 is 0 Å². The van der Waals surface area contributed by atoms with Crippen molar-refractivity contribution in [1.82, 2.24) is 0 Å². The van der Waals surface area contributed by atoms with Gasteiger partial charge in [-0.25, -0.2) is 0 Å². The predicted octanol–water partition coefficient (Wildman–Crippen LogP) is 3.52. The van der Waals surface area contributed by atoms with Crippen LogP contribution >= 0.6 is 0 Å². The first-order chi connectivity index (χ1) is 9.13. The average molecular weight is 250 g/mol. The zero-order valence-corrected chi connectivity index (χ0v) is 11.6. The number of benzene rings is 2. The topological polar surface area (TPSA) is 27.0 Å². The molecule has 0 heterocycles. The molecule has 0 amide bonds. The van der Waals surface area contributed by atoms with E-state index in [9.17, 15) is 5.26 Å². The second kappa shape index (κ2) is 5.58. The Hall–Kier alpha value is -2.27. The summed E-state index contributed by atoms with van der Waals surface area (Å²) < 4.78 is 0. The average Bonchev–Trinajstić information content (AvgIpc) is 2.40. The monoisotopic (exact) mass is 250 g/mol. The Morgan fingerprint density at radius 2 is 1.74 bits per heavy atom. The molecule has 2 nitrogen and oxygen atoms in total. The smallest absolute Gasteiger partial charge is 0.0998 e. The Morgan fingerprint density at radius 1 is 1.05 bits per heavy atom. The van der Waals surface area contributed by atoms with Crippen molar-refractivity contribution in [2.24, 2.45) is 0 Å². The molecule has 0 aromatic heterocycles. The van der Waals surface area contributed by atoms with Crippen LogP contribution < -0.4 is 4.90 Å². The Morgan fingerprint density at radius 3 is 2.32 bits per heavy atom.